The lowest BCUT2D eigenvalue weighted by atomic mass is 10.1. The lowest BCUT2D eigenvalue weighted by molar-refractivity contribution is -0.175. The summed E-state index contributed by atoms with van der Waals surface area (Å²) in [5.74, 6) is -0.291. The normalized spacial score (nSPS) is 13.4. The summed E-state index contributed by atoms with van der Waals surface area (Å²) in [7, 11) is 0. The second-order valence-electron chi connectivity index (χ2n) is 3.99. The van der Waals surface area contributed by atoms with Gasteiger partial charge in [0.1, 0.15) is 24.8 Å². The zero-order valence-electron chi connectivity index (χ0n) is 10.3. The fourth-order valence-electron chi connectivity index (χ4n) is 1.41. The quantitative estimate of drug-likeness (QED) is 0.644. The van der Waals surface area contributed by atoms with E-state index in [1.165, 1.54) is 12.1 Å². The van der Waals surface area contributed by atoms with E-state index in [9.17, 15) is 17.6 Å². The predicted molar refractivity (Wildman–Crippen MR) is 61.4 cm³/mol. The van der Waals surface area contributed by atoms with Crippen LogP contribution < -0.4 is 10.5 Å². The highest BCUT2D eigenvalue weighted by molar-refractivity contribution is 5.36. The molecule has 1 aromatic carbocycles. The number of alkyl halides is 3. The first-order valence-corrected chi connectivity index (χ1v) is 5.62. The number of nitrogens with two attached hydrogens (primary N) is 1. The van der Waals surface area contributed by atoms with E-state index in [-0.39, 0.29) is 25.0 Å². The minimum Gasteiger partial charge on any atom is -0.491 e. The smallest absolute Gasteiger partial charge is 0.411 e. The minimum atomic E-state index is -4.37. The Balaban J connectivity index is 2.46. The number of rotatable bonds is 6. The van der Waals surface area contributed by atoms with Gasteiger partial charge in [-0.05, 0) is 13.0 Å². The summed E-state index contributed by atoms with van der Waals surface area (Å²) in [6.07, 6.45) is -4.37. The van der Waals surface area contributed by atoms with Crippen LogP contribution >= 0.6 is 0 Å². The number of hydrogen-bond acceptors (Lipinski definition) is 3. The molecule has 0 aliphatic heterocycles. The standard InChI is InChI=1S/C12H15F4NO2/c1-8(17)10-3-2-9(13)6-11(10)19-5-4-18-7-12(14,15)16/h2-3,6,8H,4-5,7,17H2,1H3. The fraction of sp³-hybridized carbons (Fsp3) is 0.500. The molecule has 1 aromatic rings. The van der Waals surface area contributed by atoms with Crippen molar-refractivity contribution in [2.45, 2.75) is 19.1 Å². The Morgan fingerprint density at radius 1 is 1.26 bits per heavy atom. The van der Waals surface area contributed by atoms with Crippen LogP contribution in [0.15, 0.2) is 18.2 Å². The summed E-state index contributed by atoms with van der Waals surface area (Å²) in [6.45, 7) is 0.00752. The minimum absolute atomic E-state index is 0.112. The summed E-state index contributed by atoms with van der Waals surface area (Å²) in [6, 6.07) is 3.49. The van der Waals surface area contributed by atoms with Crippen LogP contribution in [-0.4, -0.2) is 26.0 Å². The summed E-state index contributed by atoms with van der Waals surface area (Å²) in [5, 5.41) is 0. The van der Waals surface area contributed by atoms with E-state index in [0.29, 0.717) is 5.56 Å². The molecular formula is C12H15F4NO2. The maximum absolute atomic E-state index is 13.0. The van der Waals surface area contributed by atoms with Crippen LogP contribution in [0.25, 0.3) is 0 Å². The zero-order valence-corrected chi connectivity index (χ0v) is 10.3. The van der Waals surface area contributed by atoms with Crippen LogP contribution in [0.4, 0.5) is 17.6 Å². The third-order valence-electron chi connectivity index (χ3n) is 2.22. The molecule has 1 rings (SSSR count). The fourth-order valence-corrected chi connectivity index (χ4v) is 1.41. The van der Waals surface area contributed by atoms with Crippen molar-refractivity contribution in [1.29, 1.82) is 0 Å². The van der Waals surface area contributed by atoms with Gasteiger partial charge in [-0.25, -0.2) is 4.39 Å². The maximum Gasteiger partial charge on any atom is 0.411 e. The van der Waals surface area contributed by atoms with E-state index in [1.807, 2.05) is 0 Å². The summed E-state index contributed by atoms with van der Waals surface area (Å²) in [5.41, 5.74) is 6.25. The first-order chi connectivity index (χ1) is 8.79. The van der Waals surface area contributed by atoms with E-state index < -0.39 is 18.6 Å². The lowest BCUT2D eigenvalue weighted by Crippen LogP contribution is -2.19. The van der Waals surface area contributed by atoms with Crippen molar-refractivity contribution in [2.24, 2.45) is 5.73 Å². The molecule has 0 fully saturated rings. The predicted octanol–water partition coefficient (Wildman–Crippen LogP) is 2.80. The average Bonchev–Trinajstić information content (AvgIpc) is 2.26. The molecule has 0 saturated heterocycles. The molecule has 108 valence electrons. The van der Waals surface area contributed by atoms with E-state index in [4.69, 9.17) is 10.5 Å². The van der Waals surface area contributed by atoms with Crippen LogP contribution in [0.3, 0.4) is 0 Å². The monoisotopic (exact) mass is 281 g/mol. The number of hydrogen-bond donors (Lipinski definition) is 1. The second-order valence-corrected chi connectivity index (χ2v) is 3.99. The van der Waals surface area contributed by atoms with Gasteiger partial charge in [0.05, 0.1) is 6.61 Å². The van der Waals surface area contributed by atoms with Gasteiger partial charge in [0.15, 0.2) is 0 Å². The molecule has 3 nitrogen and oxygen atoms in total. The van der Waals surface area contributed by atoms with Gasteiger partial charge in [0.25, 0.3) is 0 Å². The van der Waals surface area contributed by atoms with Crippen LogP contribution in [0.2, 0.25) is 0 Å². The molecule has 0 heterocycles. The van der Waals surface area contributed by atoms with E-state index in [1.54, 1.807) is 6.92 Å². The lowest BCUT2D eigenvalue weighted by Gasteiger charge is -2.14. The highest BCUT2D eigenvalue weighted by atomic mass is 19.4. The van der Waals surface area contributed by atoms with Gasteiger partial charge in [0.2, 0.25) is 0 Å². The van der Waals surface area contributed by atoms with Crippen molar-refractivity contribution in [3.05, 3.63) is 29.6 Å². The molecule has 0 aromatic heterocycles. The second kappa shape index (κ2) is 6.72. The molecule has 2 N–H and O–H groups in total. The van der Waals surface area contributed by atoms with Crippen molar-refractivity contribution in [1.82, 2.24) is 0 Å². The summed E-state index contributed by atoms with van der Waals surface area (Å²) < 4.78 is 58.0. The maximum atomic E-state index is 13.0. The molecule has 0 saturated carbocycles. The van der Waals surface area contributed by atoms with Crippen LogP contribution in [-0.2, 0) is 4.74 Å². The Hall–Kier alpha value is -1.34. The molecule has 1 atom stereocenters. The molecule has 0 radical (unpaired) electrons. The van der Waals surface area contributed by atoms with Crippen molar-refractivity contribution >= 4 is 0 Å². The van der Waals surface area contributed by atoms with Gasteiger partial charge in [-0.15, -0.1) is 0 Å². The SMILES string of the molecule is CC(N)c1ccc(F)cc1OCCOCC(F)(F)F. The van der Waals surface area contributed by atoms with E-state index in [2.05, 4.69) is 4.74 Å². The highest BCUT2D eigenvalue weighted by Gasteiger charge is 2.27. The topological polar surface area (TPSA) is 44.5 Å². The Bertz CT molecular complexity index is 407. The van der Waals surface area contributed by atoms with Gasteiger partial charge < -0.3 is 15.2 Å². The first-order valence-electron chi connectivity index (χ1n) is 5.62. The largest absolute Gasteiger partial charge is 0.491 e. The number of halogens is 4. The van der Waals surface area contributed by atoms with Gasteiger partial charge in [-0.3, -0.25) is 0 Å². The molecule has 0 bridgehead atoms. The molecule has 0 aliphatic rings. The molecule has 19 heavy (non-hydrogen) atoms. The third-order valence-corrected chi connectivity index (χ3v) is 2.22. The Morgan fingerprint density at radius 2 is 1.95 bits per heavy atom. The Kier molecular flexibility index (Phi) is 5.56. The third kappa shape index (κ3) is 5.89. The van der Waals surface area contributed by atoms with Crippen LogP contribution in [0.5, 0.6) is 5.75 Å². The van der Waals surface area contributed by atoms with Crippen LogP contribution in [0.1, 0.15) is 18.5 Å². The van der Waals surface area contributed by atoms with Crippen molar-refractivity contribution < 1.29 is 27.0 Å². The number of benzene rings is 1. The van der Waals surface area contributed by atoms with Gasteiger partial charge in [-0.2, -0.15) is 13.2 Å². The first kappa shape index (κ1) is 15.7. The molecular weight excluding hydrogens is 266 g/mol. The van der Waals surface area contributed by atoms with Crippen molar-refractivity contribution in [2.75, 3.05) is 19.8 Å². The Morgan fingerprint density at radius 3 is 2.53 bits per heavy atom. The summed E-state index contributed by atoms with van der Waals surface area (Å²) >= 11 is 0. The summed E-state index contributed by atoms with van der Waals surface area (Å²) in [4.78, 5) is 0. The van der Waals surface area contributed by atoms with Gasteiger partial charge in [0, 0.05) is 17.7 Å². The van der Waals surface area contributed by atoms with Crippen LogP contribution in [0, 0.1) is 5.82 Å². The Labute approximate surface area is 108 Å². The highest BCUT2D eigenvalue weighted by Crippen LogP contribution is 2.24. The average molecular weight is 281 g/mol. The molecule has 7 heteroatoms. The van der Waals surface area contributed by atoms with Gasteiger partial charge >= 0.3 is 6.18 Å². The number of ether oxygens (including phenoxy) is 2. The van der Waals surface area contributed by atoms with E-state index in [0.717, 1.165) is 6.07 Å². The van der Waals surface area contributed by atoms with E-state index >= 15 is 0 Å². The molecule has 0 spiro atoms. The molecule has 1 unspecified atom stereocenters. The van der Waals surface area contributed by atoms with Crippen molar-refractivity contribution in [3.63, 3.8) is 0 Å². The zero-order chi connectivity index (χ0) is 14.5. The molecule has 0 aliphatic carbocycles. The van der Waals surface area contributed by atoms with Crippen molar-refractivity contribution in [3.8, 4) is 5.75 Å². The molecule has 0 amide bonds. The van der Waals surface area contributed by atoms with Gasteiger partial charge in [-0.1, -0.05) is 6.07 Å².